The van der Waals surface area contributed by atoms with Crippen LogP contribution in [0, 0.1) is 0 Å². The fourth-order valence-corrected chi connectivity index (χ4v) is 4.15. The number of anilines is 1. The van der Waals surface area contributed by atoms with Crippen LogP contribution in [-0.2, 0) is 16.0 Å². The number of amides is 1. The second-order valence-corrected chi connectivity index (χ2v) is 7.59. The van der Waals surface area contributed by atoms with Gasteiger partial charge in [0.15, 0.2) is 0 Å². The van der Waals surface area contributed by atoms with E-state index in [1.165, 1.54) is 4.90 Å². The molecule has 2 unspecified atom stereocenters. The summed E-state index contributed by atoms with van der Waals surface area (Å²) in [6, 6.07) is 13.0. The summed E-state index contributed by atoms with van der Waals surface area (Å²) in [6.07, 6.45) is 5.50. The molecule has 31 heavy (non-hydrogen) atoms. The molecule has 1 saturated heterocycles. The van der Waals surface area contributed by atoms with E-state index in [0.29, 0.717) is 23.4 Å². The van der Waals surface area contributed by atoms with Crippen LogP contribution in [-0.4, -0.2) is 32.9 Å². The van der Waals surface area contributed by atoms with E-state index in [4.69, 9.17) is 4.74 Å². The highest BCUT2D eigenvalue weighted by Crippen LogP contribution is 2.42. The molecule has 3 aromatic rings. The summed E-state index contributed by atoms with van der Waals surface area (Å²) in [5.74, 6) is -0.610. The van der Waals surface area contributed by atoms with E-state index in [-0.39, 0.29) is 17.4 Å². The molecule has 2 aliphatic rings. The van der Waals surface area contributed by atoms with Crippen molar-refractivity contribution in [3.63, 3.8) is 0 Å². The maximum atomic E-state index is 13.1. The fraction of sp³-hybridized carbons (Fsp3) is 0.167. The van der Waals surface area contributed by atoms with E-state index in [0.717, 1.165) is 11.3 Å². The van der Waals surface area contributed by atoms with Crippen molar-refractivity contribution in [2.75, 3.05) is 4.90 Å². The molecular weight excluding hydrogens is 394 g/mol. The number of Topliss-reactive ketones (excluding diaryl/α,β-unsaturated/α-hetero) is 1. The molecule has 0 bridgehead atoms. The van der Waals surface area contributed by atoms with Crippen LogP contribution in [0.4, 0.5) is 5.82 Å². The predicted octanol–water partition coefficient (Wildman–Crippen LogP) is 3.43. The average Bonchev–Trinajstić information content (AvgIpc) is 3.30. The van der Waals surface area contributed by atoms with Gasteiger partial charge >= 0.3 is 5.91 Å². The molecule has 5 rings (SSSR count). The van der Waals surface area contributed by atoms with Gasteiger partial charge in [0.1, 0.15) is 23.4 Å². The molecule has 1 aromatic carbocycles. The molecule has 2 aromatic heterocycles. The third-order valence-corrected chi connectivity index (χ3v) is 5.53. The zero-order valence-corrected chi connectivity index (χ0v) is 16.7. The minimum Gasteiger partial charge on any atom is -0.507 e. The van der Waals surface area contributed by atoms with Crippen molar-refractivity contribution in [3.8, 4) is 5.75 Å². The quantitative estimate of drug-likeness (QED) is 0.402. The number of ketones is 1. The van der Waals surface area contributed by atoms with E-state index < -0.39 is 17.7 Å². The lowest BCUT2D eigenvalue weighted by atomic mass is 9.95. The van der Waals surface area contributed by atoms with Gasteiger partial charge in [0.2, 0.25) is 0 Å². The number of nitrogens with zero attached hydrogens (tertiary/aromatic N) is 3. The summed E-state index contributed by atoms with van der Waals surface area (Å²) in [5, 5.41) is 11.2. The van der Waals surface area contributed by atoms with Crippen LogP contribution in [0.2, 0.25) is 0 Å². The fourth-order valence-electron chi connectivity index (χ4n) is 4.15. The van der Waals surface area contributed by atoms with Crippen molar-refractivity contribution in [2.45, 2.75) is 25.5 Å². The lowest BCUT2D eigenvalue weighted by molar-refractivity contribution is -0.132. The molecule has 7 heteroatoms. The molecule has 0 aliphatic carbocycles. The Kier molecular flexibility index (Phi) is 4.51. The van der Waals surface area contributed by atoms with Crippen LogP contribution in [0.5, 0.6) is 5.75 Å². The second kappa shape index (κ2) is 7.36. The van der Waals surface area contributed by atoms with E-state index >= 15 is 0 Å². The van der Waals surface area contributed by atoms with Crippen LogP contribution in [0.25, 0.3) is 5.76 Å². The zero-order valence-electron chi connectivity index (χ0n) is 16.7. The number of aliphatic hydroxyl groups excluding tert-OH is 1. The van der Waals surface area contributed by atoms with Gasteiger partial charge in [-0.2, -0.15) is 0 Å². The van der Waals surface area contributed by atoms with Gasteiger partial charge in [0.05, 0.1) is 11.6 Å². The number of fused-ring (bicyclic) bond motifs is 1. The van der Waals surface area contributed by atoms with Crippen LogP contribution < -0.4 is 9.64 Å². The number of hydrogen-bond acceptors (Lipinski definition) is 6. The first-order valence-electron chi connectivity index (χ1n) is 9.96. The van der Waals surface area contributed by atoms with Crippen LogP contribution in [0.1, 0.15) is 29.7 Å². The molecule has 4 heterocycles. The number of carbonyl (C=O) groups is 2. The average molecular weight is 413 g/mol. The zero-order chi connectivity index (χ0) is 21.5. The van der Waals surface area contributed by atoms with Gasteiger partial charge in [-0.25, -0.2) is 4.98 Å². The highest BCUT2D eigenvalue weighted by molar-refractivity contribution is 6.51. The van der Waals surface area contributed by atoms with Crippen LogP contribution >= 0.6 is 0 Å². The van der Waals surface area contributed by atoms with Crippen LogP contribution in [0.3, 0.4) is 0 Å². The number of hydrogen-bond donors (Lipinski definition) is 1. The largest absolute Gasteiger partial charge is 0.507 e. The van der Waals surface area contributed by atoms with Crippen LogP contribution in [0.15, 0.2) is 72.7 Å². The van der Waals surface area contributed by atoms with Crippen molar-refractivity contribution in [1.29, 1.82) is 0 Å². The molecule has 1 fully saturated rings. The number of carbonyl (C=O) groups excluding carboxylic acids is 2. The molecule has 0 spiro atoms. The smallest absolute Gasteiger partial charge is 0.301 e. The highest BCUT2D eigenvalue weighted by Gasteiger charge is 2.47. The van der Waals surface area contributed by atoms with Crippen molar-refractivity contribution in [2.24, 2.45) is 0 Å². The molecule has 2 atom stereocenters. The maximum Gasteiger partial charge on any atom is 0.301 e. The van der Waals surface area contributed by atoms with Crippen molar-refractivity contribution < 1.29 is 19.4 Å². The van der Waals surface area contributed by atoms with Gasteiger partial charge in [0, 0.05) is 30.6 Å². The number of ether oxygens (including phenoxy) is 1. The summed E-state index contributed by atoms with van der Waals surface area (Å²) in [7, 11) is 0. The monoisotopic (exact) mass is 413 g/mol. The van der Waals surface area contributed by atoms with Gasteiger partial charge in [-0.15, -0.1) is 0 Å². The Morgan fingerprint density at radius 3 is 2.65 bits per heavy atom. The third-order valence-electron chi connectivity index (χ3n) is 5.53. The Bertz CT molecular complexity index is 1210. The van der Waals surface area contributed by atoms with Crippen molar-refractivity contribution in [1.82, 2.24) is 9.97 Å². The normalized spacial score (nSPS) is 21.8. The Hall–Kier alpha value is -4.00. The summed E-state index contributed by atoms with van der Waals surface area (Å²) >= 11 is 0. The van der Waals surface area contributed by atoms with E-state index in [1.54, 1.807) is 61.1 Å². The summed E-state index contributed by atoms with van der Waals surface area (Å²) in [5.41, 5.74) is 2.10. The standard InChI is InChI=1S/C24H19N3O4/c1-14-12-17-13-16(5-6-18(17)31-14)22(28)20-21(15-7-10-25-11-8-15)27(24(30)23(20)29)19-4-2-3-9-26-19/h2-11,13-14,21,28H,12H2,1H3. The summed E-state index contributed by atoms with van der Waals surface area (Å²) in [6.45, 7) is 1.97. The van der Waals surface area contributed by atoms with Gasteiger partial charge in [-0.3, -0.25) is 19.5 Å². The van der Waals surface area contributed by atoms with Gasteiger partial charge in [-0.1, -0.05) is 6.07 Å². The first kappa shape index (κ1) is 19.0. The van der Waals surface area contributed by atoms with E-state index in [9.17, 15) is 14.7 Å². The molecule has 154 valence electrons. The van der Waals surface area contributed by atoms with Gasteiger partial charge in [-0.05, 0) is 60.5 Å². The van der Waals surface area contributed by atoms with Gasteiger partial charge in [0.25, 0.3) is 5.78 Å². The number of benzene rings is 1. The summed E-state index contributed by atoms with van der Waals surface area (Å²) < 4.78 is 5.73. The molecule has 1 N–H and O–H groups in total. The third kappa shape index (κ3) is 3.15. The minimum atomic E-state index is -0.818. The maximum absolute atomic E-state index is 13.1. The Labute approximate surface area is 178 Å². The lowest BCUT2D eigenvalue weighted by Gasteiger charge is -2.24. The lowest BCUT2D eigenvalue weighted by Crippen LogP contribution is -2.30. The molecule has 7 nitrogen and oxygen atoms in total. The Morgan fingerprint density at radius 1 is 1.10 bits per heavy atom. The Balaban J connectivity index is 1.68. The molecule has 0 saturated carbocycles. The van der Waals surface area contributed by atoms with Crippen molar-refractivity contribution in [3.05, 3.63) is 89.4 Å². The Morgan fingerprint density at radius 2 is 1.90 bits per heavy atom. The second-order valence-electron chi connectivity index (χ2n) is 7.59. The number of aromatic nitrogens is 2. The molecule has 1 amide bonds. The number of pyridine rings is 2. The molecule has 2 aliphatic heterocycles. The molecule has 0 radical (unpaired) electrons. The molecular formula is C24H19N3O4. The SMILES string of the molecule is CC1Cc2cc(C(O)=C3C(=O)C(=O)N(c4ccccn4)C3c3ccncc3)ccc2O1. The summed E-state index contributed by atoms with van der Waals surface area (Å²) in [4.78, 5) is 35.7. The van der Waals surface area contributed by atoms with Gasteiger partial charge < -0.3 is 9.84 Å². The predicted molar refractivity (Wildman–Crippen MR) is 113 cm³/mol. The van der Waals surface area contributed by atoms with E-state index in [2.05, 4.69) is 9.97 Å². The highest BCUT2D eigenvalue weighted by atomic mass is 16.5. The van der Waals surface area contributed by atoms with Crippen molar-refractivity contribution >= 4 is 23.3 Å². The first-order chi connectivity index (χ1) is 15.0. The number of aliphatic hydroxyl groups is 1. The minimum absolute atomic E-state index is 0.0220. The number of rotatable bonds is 3. The topological polar surface area (TPSA) is 92.6 Å². The van der Waals surface area contributed by atoms with E-state index in [1.807, 2.05) is 13.0 Å². The first-order valence-corrected chi connectivity index (χ1v) is 9.96.